The number of anilines is 3. The zero-order valence-electron chi connectivity index (χ0n) is 21.8. The second-order valence-corrected chi connectivity index (χ2v) is 10.2. The Bertz CT molecular complexity index is 1360. The summed E-state index contributed by atoms with van der Waals surface area (Å²) in [6.45, 7) is 5.38. The third-order valence-electron chi connectivity index (χ3n) is 7.13. The van der Waals surface area contributed by atoms with Gasteiger partial charge >= 0.3 is 0 Å². The Kier molecular flexibility index (Phi) is 9.08. The monoisotopic (exact) mass is 588 g/mol. The van der Waals surface area contributed by atoms with Crippen molar-refractivity contribution in [3.8, 4) is 6.19 Å². The summed E-state index contributed by atoms with van der Waals surface area (Å²) >= 11 is 12.3. The Labute approximate surface area is 241 Å². The van der Waals surface area contributed by atoms with Crippen molar-refractivity contribution in [3.05, 3.63) is 33.7 Å². The second kappa shape index (κ2) is 12.5. The van der Waals surface area contributed by atoms with E-state index in [9.17, 15) is 9.59 Å². The quantitative estimate of drug-likeness (QED) is 0.168. The first-order valence-electron chi connectivity index (χ1n) is 12.7. The molecule has 2 aromatic rings. The van der Waals surface area contributed by atoms with Crippen LogP contribution in [0.15, 0.2) is 17.1 Å². The van der Waals surface area contributed by atoms with Gasteiger partial charge in [-0.1, -0.05) is 30.1 Å². The summed E-state index contributed by atoms with van der Waals surface area (Å²) < 4.78 is 0. The molecule has 0 unspecified atom stereocenters. The number of piperazine rings is 1. The van der Waals surface area contributed by atoms with Gasteiger partial charge in [0.2, 0.25) is 12.2 Å². The Hall–Kier alpha value is -3.93. The van der Waals surface area contributed by atoms with Gasteiger partial charge in [0.15, 0.2) is 22.5 Å². The fourth-order valence-corrected chi connectivity index (χ4v) is 5.55. The highest BCUT2D eigenvalue weighted by molar-refractivity contribution is 6.32. The fourth-order valence-electron chi connectivity index (χ4n) is 5.15. The summed E-state index contributed by atoms with van der Waals surface area (Å²) in [4.78, 5) is 47.4. The molecule has 16 heteroatoms. The SMILES string of the molecule is CC[C@H]1CN(c2nc(N)c(C(=O)NC(N)=NC#N)nc2Cl)CCN1C1CCN(C(=O)c2ccc(Cl)nc2N)CC1. The molecular weight excluding hydrogens is 559 g/mol. The van der Waals surface area contributed by atoms with E-state index in [0.29, 0.717) is 43.6 Å². The van der Waals surface area contributed by atoms with E-state index in [-0.39, 0.29) is 39.6 Å². The number of hydrogen-bond donors (Lipinski definition) is 4. The number of aliphatic imine (C=N–C) groups is 1. The lowest BCUT2D eigenvalue weighted by Crippen LogP contribution is -2.58. The van der Waals surface area contributed by atoms with Gasteiger partial charge in [0, 0.05) is 44.8 Å². The van der Waals surface area contributed by atoms with Crippen LogP contribution in [0.5, 0.6) is 0 Å². The summed E-state index contributed by atoms with van der Waals surface area (Å²) in [5, 5.41) is 11.1. The smallest absolute Gasteiger partial charge is 0.280 e. The van der Waals surface area contributed by atoms with Crippen LogP contribution in [0.2, 0.25) is 10.3 Å². The molecule has 2 aliphatic rings. The zero-order chi connectivity index (χ0) is 29.0. The molecule has 1 atom stereocenters. The predicted molar refractivity (Wildman–Crippen MR) is 152 cm³/mol. The van der Waals surface area contributed by atoms with Crippen molar-refractivity contribution >= 4 is 58.4 Å². The van der Waals surface area contributed by atoms with Gasteiger partial charge < -0.3 is 27.0 Å². The number of likely N-dealkylation sites (tertiary alicyclic amines) is 1. The minimum atomic E-state index is -0.772. The minimum absolute atomic E-state index is 0.0289. The molecule has 2 fully saturated rings. The van der Waals surface area contributed by atoms with Gasteiger partial charge in [-0.05, 0) is 31.4 Å². The Balaban J connectivity index is 1.39. The molecule has 0 bridgehead atoms. The fraction of sp³-hybridized carbons (Fsp3) is 0.458. The number of nitrogens with one attached hydrogen (secondary N) is 1. The van der Waals surface area contributed by atoms with Crippen molar-refractivity contribution < 1.29 is 9.59 Å². The van der Waals surface area contributed by atoms with Crippen molar-refractivity contribution in [1.29, 1.82) is 5.26 Å². The number of piperidine rings is 1. The molecule has 0 radical (unpaired) electrons. The van der Waals surface area contributed by atoms with Crippen molar-refractivity contribution in [3.63, 3.8) is 0 Å². The summed E-state index contributed by atoms with van der Waals surface area (Å²) in [6, 6.07) is 3.71. The maximum Gasteiger partial charge on any atom is 0.280 e. The van der Waals surface area contributed by atoms with E-state index in [1.54, 1.807) is 12.1 Å². The largest absolute Gasteiger partial charge is 0.383 e. The third-order valence-corrected chi connectivity index (χ3v) is 7.60. The van der Waals surface area contributed by atoms with Gasteiger partial charge in [-0.2, -0.15) is 5.26 Å². The molecule has 2 saturated heterocycles. The van der Waals surface area contributed by atoms with Gasteiger partial charge in [0.1, 0.15) is 11.0 Å². The first-order valence-corrected chi connectivity index (χ1v) is 13.5. The standard InChI is InChI=1S/C24H30Cl2N12O2/c1-2-13-11-37(21-18(26)33-17(20(29)34-21)22(39)35-24(30)31-12-27)9-10-38(13)14-5-7-36(8-6-14)23(40)15-3-4-16(25)32-19(15)28/h3-4,13-14H,2,5-11H2,1H3,(H2,28,32)(H2,29,34)(H3,30,31,35,39)/t13-/m0/s1. The maximum absolute atomic E-state index is 13.0. The molecule has 0 aliphatic carbocycles. The number of nitrogens with zero attached hydrogens (tertiary/aromatic N) is 8. The highest BCUT2D eigenvalue weighted by atomic mass is 35.5. The molecule has 40 heavy (non-hydrogen) atoms. The van der Waals surface area contributed by atoms with Gasteiger partial charge in [-0.3, -0.25) is 19.8 Å². The molecule has 212 valence electrons. The molecule has 4 heterocycles. The Morgan fingerprint density at radius 3 is 2.50 bits per heavy atom. The highest BCUT2D eigenvalue weighted by Crippen LogP contribution is 2.30. The van der Waals surface area contributed by atoms with Crippen LogP contribution in [0.3, 0.4) is 0 Å². The molecular formula is C24H30Cl2N12O2. The number of aromatic nitrogens is 3. The lowest BCUT2D eigenvalue weighted by atomic mass is 9.97. The molecule has 0 spiro atoms. The second-order valence-electron chi connectivity index (χ2n) is 9.46. The summed E-state index contributed by atoms with van der Waals surface area (Å²) in [7, 11) is 0. The van der Waals surface area contributed by atoms with Crippen LogP contribution >= 0.6 is 23.2 Å². The molecule has 7 N–H and O–H groups in total. The van der Waals surface area contributed by atoms with Crippen molar-refractivity contribution in [2.75, 3.05) is 49.1 Å². The zero-order valence-corrected chi connectivity index (χ0v) is 23.4. The number of guanidine groups is 1. The molecule has 2 aromatic heterocycles. The number of rotatable bonds is 5. The average molecular weight is 589 g/mol. The molecule has 0 saturated carbocycles. The number of nitrogens with two attached hydrogens (primary N) is 3. The summed E-state index contributed by atoms with van der Waals surface area (Å²) in [6.07, 6.45) is 4.03. The van der Waals surface area contributed by atoms with Crippen molar-refractivity contribution in [2.45, 2.75) is 38.3 Å². The average Bonchev–Trinajstić information content (AvgIpc) is 2.93. The van der Waals surface area contributed by atoms with Gasteiger partial charge in [-0.25, -0.2) is 15.0 Å². The number of halogens is 2. The maximum atomic E-state index is 13.0. The number of carbonyl (C=O) groups excluding carboxylic acids is 2. The van der Waals surface area contributed by atoms with Crippen molar-refractivity contribution in [1.82, 2.24) is 30.1 Å². The molecule has 4 rings (SSSR count). The normalized spacial score (nSPS) is 18.9. The van der Waals surface area contributed by atoms with Crippen LogP contribution in [0.25, 0.3) is 0 Å². The van der Waals surface area contributed by atoms with Gasteiger partial charge in [-0.15, -0.1) is 4.99 Å². The van der Waals surface area contributed by atoms with E-state index >= 15 is 0 Å². The number of carbonyl (C=O) groups is 2. The lowest BCUT2D eigenvalue weighted by Gasteiger charge is -2.47. The number of nitriles is 1. The van der Waals surface area contributed by atoms with Crippen LogP contribution in [0, 0.1) is 11.5 Å². The van der Waals surface area contributed by atoms with Crippen molar-refractivity contribution in [2.24, 2.45) is 10.7 Å². The van der Waals surface area contributed by atoms with E-state index in [2.05, 4.69) is 37.1 Å². The predicted octanol–water partition coefficient (Wildman–Crippen LogP) is 1.07. The topological polar surface area (TPSA) is 209 Å². The third kappa shape index (κ3) is 6.27. The first-order chi connectivity index (χ1) is 19.1. The van der Waals surface area contributed by atoms with Crippen LogP contribution < -0.4 is 27.4 Å². The van der Waals surface area contributed by atoms with Crippen LogP contribution in [0.1, 0.15) is 47.0 Å². The number of hydrogen-bond acceptors (Lipinski definition) is 11. The first kappa shape index (κ1) is 29.1. The van der Waals surface area contributed by atoms with E-state index in [1.807, 2.05) is 9.80 Å². The summed E-state index contributed by atoms with van der Waals surface area (Å²) in [5.41, 5.74) is 17.5. The van der Waals surface area contributed by atoms with Gasteiger partial charge in [0.05, 0.1) is 5.56 Å². The summed E-state index contributed by atoms with van der Waals surface area (Å²) in [5.74, 6) is -0.898. The number of nitrogen functional groups attached to an aromatic ring is 2. The van der Waals surface area contributed by atoms with Crippen LogP contribution in [-0.2, 0) is 0 Å². The molecule has 2 amide bonds. The van der Waals surface area contributed by atoms with E-state index in [4.69, 9.17) is 45.7 Å². The Morgan fingerprint density at radius 2 is 1.85 bits per heavy atom. The highest BCUT2D eigenvalue weighted by Gasteiger charge is 2.35. The molecule has 2 aliphatic heterocycles. The number of pyridine rings is 1. The molecule has 0 aromatic carbocycles. The lowest BCUT2D eigenvalue weighted by molar-refractivity contribution is 0.0491. The molecule has 14 nitrogen and oxygen atoms in total. The Morgan fingerprint density at radius 1 is 1.12 bits per heavy atom. The van der Waals surface area contributed by atoms with E-state index in [0.717, 1.165) is 25.8 Å². The van der Waals surface area contributed by atoms with Crippen LogP contribution in [0.4, 0.5) is 17.5 Å². The van der Waals surface area contributed by atoms with Gasteiger partial charge in [0.25, 0.3) is 11.8 Å². The van der Waals surface area contributed by atoms with Crippen LogP contribution in [-0.4, -0.2) is 87.3 Å². The minimum Gasteiger partial charge on any atom is -0.383 e. The number of amides is 2. The van der Waals surface area contributed by atoms with E-state index in [1.165, 1.54) is 6.19 Å². The van der Waals surface area contributed by atoms with E-state index < -0.39 is 11.9 Å².